The van der Waals surface area contributed by atoms with Gasteiger partial charge in [0.05, 0.1) is 0 Å². The van der Waals surface area contributed by atoms with Gasteiger partial charge in [0.25, 0.3) is 0 Å². The van der Waals surface area contributed by atoms with Gasteiger partial charge in [-0.2, -0.15) is 0 Å². The highest BCUT2D eigenvalue weighted by Crippen LogP contribution is 2.93. The third kappa shape index (κ3) is 2.56. The monoisotopic (exact) mass is 725 g/mol. The maximum absolute atomic E-state index is 12.6. The van der Waals surface area contributed by atoms with Crippen LogP contribution in [0.4, 0.5) is 0 Å². The van der Waals surface area contributed by atoms with Crippen molar-refractivity contribution in [1.29, 1.82) is 0 Å². The average molecular weight is 726 g/mol. The quantitative estimate of drug-likeness (QED) is 0.135. The number of carbonyl (C=O) groups is 1. The molecule has 1 aromatic rings. The van der Waals surface area contributed by atoms with Crippen LogP contribution in [-0.4, -0.2) is 24.5 Å². The van der Waals surface area contributed by atoms with Crippen molar-refractivity contribution < 1.29 is 9.53 Å². The molecule has 13 fully saturated rings. The zero-order chi connectivity index (χ0) is 35.2. The zero-order valence-corrected chi connectivity index (χ0v) is 32.5. The molecule has 27 atom stereocenters. The Morgan fingerprint density at radius 3 is 2.33 bits per heavy atom. The van der Waals surface area contributed by atoms with Crippen LogP contribution >= 0.6 is 0 Å². The second-order valence-corrected chi connectivity index (χ2v) is 24.4. The smallest absolute Gasteiger partial charge is 0.338 e. The van der Waals surface area contributed by atoms with Crippen LogP contribution in [0.3, 0.4) is 0 Å². The number of benzene rings is 1. The van der Waals surface area contributed by atoms with Crippen LogP contribution in [0.5, 0.6) is 5.75 Å². The lowest BCUT2D eigenvalue weighted by atomic mass is 9.41. The van der Waals surface area contributed by atoms with E-state index < -0.39 is 0 Å². The fourth-order valence-corrected chi connectivity index (χ4v) is 25.4. The summed E-state index contributed by atoms with van der Waals surface area (Å²) in [6, 6.07) is 9.51. The first kappa shape index (κ1) is 28.9. The van der Waals surface area contributed by atoms with Crippen LogP contribution in [0.25, 0.3) is 0 Å². The molecule has 17 aliphatic rings. The molecule has 0 aromatic heterocycles. The third-order valence-electron chi connectivity index (χ3n) is 24.3. The fraction of sp³-hybridized carbons (Fsp3) is 0.712. The van der Waals surface area contributed by atoms with Gasteiger partial charge in [0.1, 0.15) is 5.75 Å². The maximum Gasteiger partial charge on any atom is 0.338 e. The number of likely N-dealkylation sites (tertiary alicyclic amines) is 1. The molecule has 27 unspecified atom stereocenters. The van der Waals surface area contributed by atoms with Crippen molar-refractivity contribution in [2.24, 2.45) is 153 Å². The summed E-state index contributed by atoms with van der Waals surface area (Å²) in [5.41, 5.74) is 12.9. The predicted octanol–water partition coefficient (Wildman–Crippen LogP) is 9.01. The Hall–Kier alpha value is -2.39. The number of fused-ring (bicyclic) bond motifs is 1. The molecule has 3 heteroatoms. The summed E-state index contributed by atoms with van der Waals surface area (Å²) in [6.45, 7) is 6.87. The van der Waals surface area contributed by atoms with Crippen LogP contribution in [-0.2, 0) is 4.79 Å². The Labute approximate surface area is 325 Å². The molecule has 12 saturated carbocycles. The predicted molar refractivity (Wildman–Crippen MR) is 206 cm³/mol. The van der Waals surface area contributed by atoms with Gasteiger partial charge in [0.15, 0.2) is 0 Å². The summed E-state index contributed by atoms with van der Waals surface area (Å²) >= 11 is 0. The molecule has 16 aliphatic carbocycles. The van der Waals surface area contributed by atoms with E-state index in [-0.39, 0.29) is 5.97 Å². The molecule has 280 valence electrons. The number of nitrogens with zero attached hydrogens (tertiary/aromatic N) is 1. The second-order valence-electron chi connectivity index (χ2n) is 24.4. The largest absolute Gasteiger partial charge is 0.423 e. The first-order valence-electron chi connectivity index (χ1n) is 23.8. The van der Waals surface area contributed by atoms with E-state index in [1.54, 1.807) is 26.2 Å². The minimum Gasteiger partial charge on any atom is -0.423 e. The summed E-state index contributed by atoms with van der Waals surface area (Å²) in [5.74, 6) is 25.6. The molecule has 1 aliphatic heterocycles. The van der Waals surface area contributed by atoms with Crippen molar-refractivity contribution in [3.63, 3.8) is 0 Å². The van der Waals surface area contributed by atoms with E-state index in [9.17, 15) is 4.79 Å². The summed E-state index contributed by atoms with van der Waals surface area (Å²) in [7, 11) is 2.53. The van der Waals surface area contributed by atoms with Crippen molar-refractivity contribution in [2.75, 3.05) is 13.6 Å². The number of carbonyl (C=O) groups excluding carboxylic acids is 1. The lowest BCUT2D eigenvalue weighted by Crippen LogP contribution is -2.59. The van der Waals surface area contributed by atoms with E-state index in [2.05, 4.69) is 71.2 Å². The molecule has 18 rings (SSSR count). The molecule has 1 aromatic carbocycles. The number of hydrogen-bond donors (Lipinski definition) is 0. The molecular weight excluding hydrogens is 671 g/mol. The second kappa shape index (κ2) is 8.38. The lowest BCUT2D eigenvalue weighted by molar-refractivity contribution is -0.147. The minimum absolute atomic E-state index is 0.308. The van der Waals surface area contributed by atoms with Crippen LogP contribution < -0.4 is 4.74 Å². The van der Waals surface area contributed by atoms with Crippen molar-refractivity contribution in [1.82, 2.24) is 4.90 Å². The van der Waals surface area contributed by atoms with Gasteiger partial charge in [0, 0.05) is 35.4 Å². The third-order valence-corrected chi connectivity index (χ3v) is 24.3. The summed E-state index contributed by atoms with van der Waals surface area (Å²) < 4.78 is 5.79. The fourth-order valence-electron chi connectivity index (χ4n) is 25.4. The van der Waals surface area contributed by atoms with Gasteiger partial charge in [-0.1, -0.05) is 52.7 Å². The van der Waals surface area contributed by atoms with E-state index in [0.29, 0.717) is 22.8 Å². The van der Waals surface area contributed by atoms with Gasteiger partial charge < -0.3 is 4.74 Å². The molecule has 0 amide bonds. The van der Waals surface area contributed by atoms with Gasteiger partial charge in [-0.25, -0.2) is 4.79 Å². The Bertz CT molecular complexity index is 2290. The van der Waals surface area contributed by atoms with Crippen molar-refractivity contribution >= 4 is 5.97 Å². The highest BCUT2D eigenvalue weighted by Gasteiger charge is 2.88. The molecule has 3 nitrogen and oxygen atoms in total. The Balaban J connectivity index is 0.909. The van der Waals surface area contributed by atoms with Crippen LogP contribution in [0.15, 0.2) is 70.4 Å². The van der Waals surface area contributed by atoms with Crippen molar-refractivity contribution in [2.45, 2.75) is 57.9 Å². The highest BCUT2D eigenvalue weighted by atomic mass is 16.5. The molecule has 0 N–H and O–H groups in total. The minimum atomic E-state index is -0.308. The number of rotatable bonds is 3. The standard InChI is InChI=1S/C52H55NO2/c1-17(2)51(54)55-26-6-4-18(5-7-26)50-52-15-25-13-23-11-20-8-19-9-22-10-21-12-24-14-27(28(52)16-53(50)3)36-41-32(24)31(21)38-33(22)37-29(19)30(20)39-34(23)40-35(25)49(52)48(36)47-45(40)43(39)42(37)44(38)46(41)47/h4-7,9,19-21,23,25,28-31,33-35,37-50H,1,8,10-16H2,2-3H3. The summed E-state index contributed by atoms with van der Waals surface area (Å²) in [6.07, 6.45) is 13.8. The van der Waals surface area contributed by atoms with Gasteiger partial charge >= 0.3 is 5.97 Å². The topological polar surface area (TPSA) is 29.5 Å². The van der Waals surface area contributed by atoms with E-state index in [1.165, 1.54) is 37.8 Å². The van der Waals surface area contributed by atoms with Crippen LogP contribution in [0.2, 0.25) is 0 Å². The van der Waals surface area contributed by atoms with E-state index in [1.807, 2.05) is 5.57 Å². The molecule has 55 heavy (non-hydrogen) atoms. The average Bonchev–Trinajstić information content (AvgIpc) is 4.02. The number of ether oxygens (including phenoxy) is 1. The maximum atomic E-state index is 12.6. The first-order valence-corrected chi connectivity index (χ1v) is 23.8. The first-order chi connectivity index (χ1) is 26.9. The normalized spacial score (nSPS) is 64.8. The van der Waals surface area contributed by atoms with Crippen molar-refractivity contribution in [3.8, 4) is 5.75 Å². The van der Waals surface area contributed by atoms with Crippen LogP contribution in [0, 0.1) is 153 Å². The van der Waals surface area contributed by atoms with Gasteiger partial charge in [0.2, 0.25) is 0 Å². The highest BCUT2D eigenvalue weighted by molar-refractivity contribution is 5.88. The molecule has 1 saturated heterocycles. The van der Waals surface area contributed by atoms with E-state index in [4.69, 9.17) is 4.74 Å². The van der Waals surface area contributed by atoms with E-state index in [0.717, 1.165) is 148 Å². The molecule has 1 spiro atoms. The molecular formula is C52H55NO2. The number of allylic oxidation sites excluding steroid dienone is 5. The SMILES string of the molecule is C=C(C)C(=O)Oc1ccc(C2N(C)CC3C4=C5C6C7=C(C4)CC4CC8=CC9CC%10CC%11CC%12CC32C2C5C3C6C5C(C74)C8C4C9C%10C6C%11C(C3C6C45)C%122)cc1. The molecule has 1 heterocycles. The summed E-state index contributed by atoms with van der Waals surface area (Å²) in [4.78, 5) is 15.4. The van der Waals surface area contributed by atoms with E-state index >= 15 is 0 Å². The Morgan fingerprint density at radius 2 is 1.47 bits per heavy atom. The zero-order valence-electron chi connectivity index (χ0n) is 32.5. The van der Waals surface area contributed by atoms with Gasteiger partial charge in [-0.15, -0.1) is 0 Å². The number of hydrogen-bond acceptors (Lipinski definition) is 3. The van der Waals surface area contributed by atoms with Gasteiger partial charge in [-0.3, -0.25) is 4.90 Å². The Kier molecular flexibility index (Phi) is 4.41. The lowest BCUT2D eigenvalue weighted by Gasteiger charge is -2.62. The van der Waals surface area contributed by atoms with Gasteiger partial charge in [-0.05, 0) is 213 Å². The van der Waals surface area contributed by atoms with Crippen LogP contribution in [0.1, 0.15) is 63.5 Å². The Morgan fingerprint density at radius 1 is 0.745 bits per heavy atom. The molecule has 0 bridgehead atoms. The van der Waals surface area contributed by atoms with Crippen molar-refractivity contribution in [3.05, 3.63) is 75.9 Å². The number of esters is 1. The molecule has 0 radical (unpaired) electrons. The summed E-state index contributed by atoms with van der Waals surface area (Å²) in [5, 5.41) is 0.